The van der Waals surface area contributed by atoms with E-state index >= 15 is 0 Å². The van der Waals surface area contributed by atoms with Gasteiger partial charge in [0.25, 0.3) is 0 Å². The summed E-state index contributed by atoms with van der Waals surface area (Å²) in [5.41, 5.74) is 1.31. The molecule has 0 saturated carbocycles. The zero-order valence-electron chi connectivity index (χ0n) is 15.3. The lowest BCUT2D eigenvalue weighted by Gasteiger charge is -2.21. The van der Waals surface area contributed by atoms with Crippen LogP contribution < -0.4 is 9.96 Å². The summed E-state index contributed by atoms with van der Waals surface area (Å²) in [7, 11) is 1.54. The van der Waals surface area contributed by atoms with Gasteiger partial charge in [-0.15, -0.1) is 0 Å². The number of ether oxygens (including phenoxy) is 1. The van der Waals surface area contributed by atoms with Gasteiger partial charge in [-0.1, -0.05) is 53.8 Å². The number of benzene rings is 3. The third-order valence-electron chi connectivity index (χ3n) is 3.87. The minimum atomic E-state index is -0.626. The van der Waals surface area contributed by atoms with Crippen LogP contribution in [-0.2, 0) is 9.68 Å². The average Bonchev–Trinajstić information content (AvgIpc) is 2.77. The molecule has 0 bridgehead atoms. The van der Waals surface area contributed by atoms with E-state index in [0.29, 0.717) is 22.6 Å². The van der Waals surface area contributed by atoms with Crippen molar-refractivity contribution in [1.82, 2.24) is 0 Å². The second-order valence-electron chi connectivity index (χ2n) is 5.76. The summed E-state index contributed by atoms with van der Waals surface area (Å²) in [6.45, 7) is -0.283. The number of rotatable bonds is 8. The van der Waals surface area contributed by atoms with Gasteiger partial charge in [0.05, 0.1) is 12.7 Å². The van der Waals surface area contributed by atoms with Crippen LogP contribution >= 0.6 is 0 Å². The van der Waals surface area contributed by atoms with Crippen LogP contribution in [0.5, 0.6) is 5.75 Å². The molecular weight excluding hydrogens is 358 g/mol. The summed E-state index contributed by atoms with van der Waals surface area (Å²) in [6, 6.07) is 24.0. The number of anilines is 1. The number of hydrogen-bond acceptors (Lipinski definition) is 6. The van der Waals surface area contributed by atoms with Crippen molar-refractivity contribution >= 4 is 17.4 Å². The van der Waals surface area contributed by atoms with E-state index < -0.39 is 5.97 Å². The molecule has 0 aliphatic heterocycles. The first-order valence-corrected chi connectivity index (χ1v) is 8.60. The van der Waals surface area contributed by atoms with Gasteiger partial charge in [0.1, 0.15) is 18.0 Å². The summed E-state index contributed by atoms with van der Waals surface area (Å²) in [5, 5.41) is 0.952. The van der Waals surface area contributed by atoms with Gasteiger partial charge in [-0.25, -0.2) is 9.63 Å². The lowest BCUT2D eigenvalue weighted by atomic mass is 10.1. The zero-order valence-corrected chi connectivity index (χ0v) is 15.3. The van der Waals surface area contributed by atoms with E-state index in [4.69, 9.17) is 14.4 Å². The molecule has 3 aromatic rings. The predicted octanol–water partition coefficient (Wildman–Crippen LogP) is 4.09. The molecule has 3 rings (SSSR count). The number of Topliss-reactive ketones (excluding diaryl/α,β-unsaturated/α-hetero) is 1. The zero-order chi connectivity index (χ0) is 19.8. The van der Waals surface area contributed by atoms with E-state index in [-0.39, 0.29) is 12.4 Å². The Bertz CT molecular complexity index is 911. The Hall–Kier alpha value is -3.64. The Morgan fingerprint density at radius 3 is 2.00 bits per heavy atom. The van der Waals surface area contributed by atoms with Gasteiger partial charge >= 0.3 is 5.97 Å². The van der Waals surface area contributed by atoms with E-state index in [1.165, 1.54) is 0 Å². The minimum Gasteiger partial charge on any atom is -0.497 e. The highest BCUT2D eigenvalue weighted by atomic mass is 17.0. The molecule has 6 nitrogen and oxygen atoms in total. The van der Waals surface area contributed by atoms with Crippen LogP contribution in [0.3, 0.4) is 0 Å². The van der Waals surface area contributed by atoms with Gasteiger partial charge in [0.2, 0.25) is 0 Å². The number of ketones is 1. The van der Waals surface area contributed by atoms with E-state index in [9.17, 15) is 9.59 Å². The minimum absolute atomic E-state index is 0.234. The van der Waals surface area contributed by atoms with Crippen molar-refractivity contribution in [2.24, 2.45) is 0 Å². The molecule has 0 heterocycles. The number of para-hydroxylation sites is 1. The Labute approximate surface area is 162 Å². The van der Waals surface area contributed by atoms with Gasteiger partial charge < -0.3 is 9.57 Å². The van der Waals surface area contributed by atoms with Crippen molar-refractivity contribution in [3.05, 3.63) is 96.1 Å². The molecule has 142 valence electrons. The lowest BCUT2D eigenvalue weighted by molar-refractivity contribution is -0.0553. The third kappa shape index (κ3) is 4.96. The van der Waals surface area contributed by atoms with Crippen LogP contribution in [0.25, 0.3) is 0 Å². The van der Waals surface area contributed by atoms with E-state index in [2.05, 4.69) is 0 Å². The van der Waals surface area contributed by atoms with Crippen LogP contribution in [0.1, 0.15) is 20.7 Å². The van der Waals surface area contributed by atoms with Gasteiger partial charge in [0.15, 0.2) is 5.78 Å². The normalized spacial score (nSPS) is 10.2. The first kappa shape index (κ1) is 19.1. The van der Waals surface area contributed by atoms with Crippen LogP contribution in [0.2, 0.25) is 0 Å². The van der Waals surface area contributed by atoms with Gasteiger partial charge in [-0.05, 0) is 36.4 Å². The Morgan fingerprint density at radius 1 is 0.786 bits per heavy atom. The SMILES string of the molecule is COc1ccc(C(=O)ON(OCC(=O)c2ccccc2)c2ccccc2)cc1. The molecule has 0 fully saturated rings. The fourth-order valence-electron chi connectivity index (χ4n) is 2.38. The van der Waals surface area contributed by atoms with Crippen LogP contribution in [0, 0.1) is 0 Å². The molecule has 0 atom stereocenters. The number of methoxy groups -OCH3 is 1. The maximum absolute atomic E-state index is 12.5. The molecule has 0 aliphatic carbocycles. The highest BCUT2D eigenvalue weighted by molar-refractivity contribution is 5.97. The van der Waals surface area contributed by atoms with E-state index in [1.807, 2.05) is 12.1 Å². The predicted molar refractivity (Wildman–Crippen MR) is 104 cm³/mol. The third-order valence-corrected chi connectivity index (χ3v) is 3.87. The summed E-state index contributed by atoms with van der Waals surface area (Å²) >= 11 is 0. The molecule has 0 amide bonds. The van der Waals surface area contributed by atoms with Crippen molar-refractivity contribution in [1.29, 1.82) is 0 Å². The van der Waals surface area contributed by atoms with E-state index in [0.717, 1.165) is 5.23 Å². The van der Waals surface area contributed by atoms with Gasteiger partial charge in [0, 0.05) is 5.56 Å². The maximum Gasteiger partial charge on any atom is 0.366 e. The van der Waals surface area contributed by atoms with Crippen molar-refractivity contribution < 1.29 is 24.0 Å². The monoisotopic (exact) mass is 377 g/mol. The largest absolute Gasteiger partial charge is 0.497 e. The van der Waals surface area contributed by atoms with Gasteiger partial charge in [-0.3, -0.25) is 4.79 Å². The molecule has 0 unspecified atom stereocenters. The molecule has 0 aromatic heterocycles. The number of carbonyl (C=O) groups is 2. The second kappa shape index (κ2) is 9.34. The summed E-state index contributed by atoms with van der Waals surface area (Å²) in [5.74, 6) is -0.234. The van der Waals surface area contributed by atoms with Gasteiger partial charge in [-0.2, -0.15) is 0 Å². The smallest absolute Gasteiger partial charge is 0.366 e. The fraction of sp³-hybridized carbons (Fsp3) is 0.0909. The lowest BCUT2D eigenvalue weighted by Crippen LogP contribution is -2.30. The standard InChI is InChI=1S/C22H19NO5/c1-26-20-14-12-18(13-15-20)22(25)28-23(19-10-6-3-7-11-19)27-16-21(24)17-8-4-2-5-9-17/h2-15H,16H2,1H3. The summed E-state index contributed by atoms with van der Waals surface area (Å²) in [4.78, 5) is 35.6. The molecule has 6 heteroatoms. The highest BCUT2D eigenvalue weighted by Crippen LogP contribution is 2.18. The molecule has 0 N–H and O–H groups in total. The summed E-state index contributed by atoms with van der Waals surface area (Å²) in [6.07, 6.45) is 0. The number of nitrogens with zero attached hydrogens (tertiary/aromatic N) is 1. The Morgan fingerprint density at radius 2 is 1.39 bits per heavy atom. The molecular formula is C22H19NO5. The van der Waals surface area contributed by atoms with Crippen LogP contribution in [0.4, 0.5) is 5.69 Å². The average molecular weight is 377 g/mol. The second-order valence-corrected chi connectivity index (χ2v) is 5.76. The Kier molecular flexibility index (Phi) is 6.38. The fourth-order valence-corrected chi connectivity index (χ4v) is 2.38. The quantitative estimate of drug-likeness (QED) is 0.435. The molecule has 0 spiro atoms. The van der Waals surface area contributed by atoms with Crippen molar-refractivity contribution in [3.8, 4) is 5.75 Å². The molecule has 0 radical (unpaired) electrons. The highest BCUT2D eigenvalue weighted by Gasteiger charge is 2.18. The summed E-state index contributed by atoms with van der Waals surface area (Å²) < 4.78 is 5.08. The number of carbonyl (C=O) groups excluding carboxylic acids is 2. The van der Waals surface area contributed by atoms with Crippen molar-refractivity contribution in [2.75, 3.05) is 18.9 Å². The molecule has 0 saturated heterocycles. The van der Waals surface area contributed by atoms with Crippen molar-refractivity contribution in [2.45, 2.75) is 0 Å². The van der Waals surface area contributed by atoms with Crippen LogP contribution in [0.15, 0.2) is 84.9 Å². The maximum atomic E-state index is 12.5. The Balaban J connectivity index is 1.72. The van der Waals surface area contributed by atoms with E-state index in [1.54, 1.807) is 79.9 Å². The molecule has 28 heavy (non-hydrogen) atoms. The van der Waals surface area contributed by atoms with Crippen LogP contribution in [-0.4, -0.2) is 25.5 Å². The molecule has 3 aromatic carbocycles. The topological polar surface area (TPSA) is 65.1 Å². The first-order chi connectivity index (χ1) is 13.7. The number of hydrogen-bond donors (Lipinski definition) is 0. The first-order valence-electron chi connectivity index (χ1n) is 8.60. The van der Waals surface area contributed by atoms with Crippen molar-refractivity contribution in [3.63, 3.8) is 0 Å². The molecule has 0 aliphatic rings.